The summed E-state index contributed by atoms with van der Waals surface area (Å²) in [7, 11) is 0. The van der Waals surface area contributed by atoms with E-state index in [0.717, 1.165) is 6.54 Å². The van der Waals surface area contributed by atoms with Gasteiger partial charge < -0.3 is 5.32 Å². The first kappa shape index (κ1) is 14.3. The lowest BCUT2D eigenvalue weighted by Gasteiger charge is -2.18. The Labute approximate surface area is 128 Å². The fourth-order valence-corrected chi connectivity index (χ4v) is 3.31. The Bertz CT molecular complexity index is 539. The summed E-state index contributed by atoms with van der Waals surface area (Å²) in [6.45, 7) is 0.982. The molecule has 0 unspecified atom stereocenters. The van der Waals surface area contributed by atoms with Gasteiger partial charge in [-0.25, -0.2) is 0 Å². The summed E-state index contributed by atoms with van der Waals surface area (Å²) in [5.74, 6) is 0. The summed E-state index contributed by atoms with van der Waals surface area (Å²) in [4.78, 5) is 0. The predicted octanol–water partition coefficient (Wildman–Crippen LogP) is 5.17. The van der Waals surface area contributed by atoms with Crippen LogP contribution in [-0.2, 0) is 6.54 Å². The Morgan fingerprint density at radius 3 is 2.19 bits per heavy atom. The first-order valence-corrected chi connectivity index (χ1v) is 8.30. The van der Waals surface area contributed by atoms with Crippen molar-refractivity contribution in [1.82, 2.24) is 5.32 Å². The van der Waals surface area contributed by atoms with Crippen LogP contribution in [0.25, 0.3) is 11.1 Å². The highest BCUT2D eigenvalue weighted by Crippen LogP contribution is 2.24. The molecule has 0 aliphatic heterocycles. The summed E-state index contributed by atoms with van der Waals surface area (Å²) in [5, 5.41) is 3.79. The average Bonchev–Trinajstić information content (AvgIpc) is 2.83. The third kappa shape index (κ3) is 3.95. The molecule has 1 N–H and O–H groups in total. The van der Waals surface area contributed by atoms with E-state index in [4.69, 9.17) is 0 Å². The van der Waals surface area contributed by atoms with Crippen molar-refractivity contribution in [1.29, 1.82) is 0 Å². The van der Waals surface area contributed by atoms with Crippen LogP contribution in [0.3, 0.4) is 0 Å². The van der Waals surface area contributed by atoms with Crippen molar-refractivity contribution >= 4 is 0 Å². The molecule has 1 nitrogen and oxygen atoms in total. The van der Waals surface area contributed by atoms with Crippen molar-refractivity contribution in [3.05, 3.63) is 60.2 Å². The number of hydrogen-bond acceptors (Lipinski definition) is 1. The maximum Gasteiger partial charge on any atom is 0.0214 e. The van der Waals surface area contributed by atoms with E-state index in [9.17, 15) is 0 Å². The van der Waals surface area contributed by atoms with E-state index < -0.39 is 0 Å². The second-order valence-electron chi connectivity index (χ2n) is 6.09. The molecule has 0 atom stereocenters. The van der Waals surface area contributed by atoms with Crippen molar-refractivity contribution in [2.45, 2.75) is 51.1 Å². The van der Waals surface area contributed by atoms with Crippen LogP contribution >= 0.6 is 0 Å². The molecular formula is C20H25N. The van der Waals surface area contributed by atoms with E-state index >= 15 is 0 Å². The highest BCUT2D eigenvalue weighted by atomic mass is 14.9. The quantitative estimate of drug-likeness (QED) is 0.762. The smallest absolute Gasteiger partial charge is 0.0214 e. The van der Waals surface area contributed by atoms with Gasteiger partial charge in [-0.15, -0.1) is 0 Å². The molecule has 1 aliphatic rings. The van der Waals surface area contributed by atoms with Gasteiger partial charge in [-0.2, -0.15) is 0 Å². The number of hydrogen-bond donors (Lipinski definition) is 1. The van der Waals surface area contributed by atoms with Gasteiger partial charge in [0.25, 0.3) is 0 Å². The van der Waals surface area contributed by atoms with Crippen molar-refractivity contribution < 1.29 is 0 Å². The first-order chi connectivity index (χ1) is 10.4. The molecule has 0 radical (unpaired) electrons. The van der Waals surface area contributed by atoms with Gasteiger partial charge in [0.05, 0.1) is 0 Å². The van der Waals surface area contributed by atoms with Gasteiger partial charge in [-0.05, 0) is 29.5 Å². The zero-order valence-electron chi connectivity index (χ0n) is 12.7. The zero-order valence-corrected chi connectivity index (χ0v) is 12.7. The summed E-state index contributed by atoms with van der Waals surface area (Å²) in [5.41, 5.74) is 4.09. The summed E-state index contributed by atoms with van der Waals surface area (Å²) >= 11 is 0. The lowest BCUT2D eigenvalue weighted by molar-refractivity contribution is 0.459. The first-order valence-electron chi connectivity index (χ1n) is 8.30. The van der Waals surface area contributed by atoms with Crippen LogP contribution in [0, 0.1) is 0 Å². The molecule has 1 fully saturated rings. The van der Waals surface area contributed by atoms with Gasteiger partial charge >= 0.3 is 0 Å². The van der Waals surface area contributed by atoms with Crippen LogP contribution in [0.2, 0.25) is 0 Å². The molecule has 0 aromatic heterocycles. The number of nitrogens with one attached hydrogen (secondary N) is 1. The molecule has 1 heteroatoms. The lowest BCUT2D eigenvalue weighted by Crippen LogP contribution is -2.28. The van der Waals surface area contributed by atoms with Crippen molar-refractivity contribution in [3.63, 3.8) is 0 Å². The molecule has 3 rings (SSSR count). The maximum atomic E-state index is 3.79. The van der Waals surface area contributed by atoms with Gasteiger partial charge in [0.2, 0.25) is 0 Å². The maximum absolute atomic E-state index is 3.79. The minimum absolute atomic E-state index is 0.705. The molecule has 0 spiro atoms. The number of rotatable bonds is 4. The highest BCUT2D eigenvalue weighted by molar-refractivity contribution is 5.67. The zero-order chi connectivity index (χ0) is 14.3. The van der Waals surface area contributed by atoms with Crippen LogP contribution in [0.5, 0.6) is 0 Å². The van der Waals surface area contributed by atoms with E-state index in [-0.39, 0.29) is 0 Å². The van der Waals surface area contributed by atoms with Crippen LogP contribution in [0.15, 0.2) is 54.6 Å². The third-order valence-electron chi connectivity index (χ3n) is 4.54. The van der Waals surface area contributed by atoms with Gasteiger partial charge in [0.15, 0.2) is 0 Å². The Hall–Kier alpha value is -1.60. The van der Waals surface area contributed by atoms with Crippen LogP contribution < -0.4 is 5.32 Å². The Kier molecular flexibility index (Phi) is 5.07. The van der Waals surface area contributed by atoms with Crippen LogP contribution in [0.4, 0.5) is 0 Å². The molecule has 1 saturated carbocycles. The summed E-state index contributed by atoms with van der Waals surface area (Å²) < 4.78 is 0. The Morgan fingerprint density at radius 1 is 0.762 bits per heavy atom. The van der Waals surface area contributed by atoms with E-state index in [0.29, 0.717) is 6.04 Å². The molecule has 2 aromatic rings. The lowest BCUT2D eigenvalue weighted by atomic mass is 9.99. The standard InChI is InChI=1S/C20H25N/c1-2-7-14-19(13-6-1)21-16-18-12-8-9-15-20(18)17-10-4-3-5-11-17/h3-5,8-12,15,19,21H,1-2,6-7,13-14,16H2. The summed E-state index contributed by atoms with van der Waals surface area (Å²) in [6, 6.07) is 20.2. The molecule has 0 bridgehead atoms. The molecule has 0 heterocycles. The normalized spacial score (nSPS) is 16.6. The fourth-order valence-electron chi connectivity index (χ4n) is 3.31. The predicted molar refractivity (Wildman–Crippen MR) is 90.2 cm³/mol. The van der Waals surface area contributed by atoms with Gasteiger partial charge in [0, 0.05) is 12.6 Å². The van der Waals surface area contributed by atoms with Crippen LogP contribution in [0.1, 0.15) is 44.1 Å². The molecule has 110 valence electrons. The third-order valence-corrected chi connectivity index (χ3v) is 4.54. The molecule has 0 amide bonds. The largest absolute Gasteiger partial charge is 0.310 e. The van der Waals surface area contributed by atoms with Gasteiger partial charge in [-0.3, -0.25) is 0 Å². The van der Waals surface area contributed by atoms with Crippen molar-refractivity contribution in [2.75, 3.05) is 0 Å². The molecule has 1 aliphatic carbocycles. The minimum atomic E-state index is 0.705. The van der Waals surface area contributed by atoms with E-state index in [1.54, 1.807) is 0 Å². The van der Waals surface area contributed by atoms with Crippen molar-refractivity contribution in [3.8, 4) is 11.1 Å². The summed E-state index contributed by atoms with van der Waals surface area (Å²) in [6.07, 6.45) is 8.29. The minimum Gasteiger partial charge on any atom is -0.310 e. The van der Waals surface area contributed by atoms with Gasteiger partial charge in [-0.1, -0.05) is 80.3 Å². The van der Waals surface area contributed by atoms with Gasteiger partial charge in [0.1, 0.15) is 0 Å². The second kappa shape index (κ2) is 7.42. The number of benzene rings is 2. The van der Waals surface area contributed by atoms with E-state index in [1.807, 2.05) is 0 Å². The van der Waals surface area contributed by atoms with Crippen molar-refractivity contribution in [2.24, 2.45) is 0 Å². The molecule has 21 heavy (non-hydrogen) atoms. The highest BCUT2D eigenvalue weighted by Gasteiger charge is 2.12. The fraction of sp³-hybridized carbons (Fsp3) is 0.400. The SMILES string of the molecule is c1ccc(-c2ccccc2CNC2CCCCCC2)cc1. The second-order valence-corrected chi connectivity index (χ2v) is 6.09. The van der Waals surface area contributed by atoms with Crippen LogP contribution in [-0.4, -0.2) is 6.04 Å². The molecule has 0 saturated heterocycles. The average molecular weight is 279 g/mol. The Balaban J connectivity index is 1.70. The Morgan fingerprint density at radius 2 is 1.43 bits per heavy atom. The molecular weight excluding hydrogens is 254 g/mol. The van der Waals surface area contributed by atoms with E-state index in [2.05, 4.69) is 59.9 Å². The van der Waals surface area contributed by atoms with E-state index in [1.165, 1.54) is 55.2 Å². The monoisotopic (exact) mass is 279 g/mol. The molecule has 2 aromatic carbocycles. The topological polar surface area (TPSA) is 12.0 Å².